The average molecular weight is 240 g/mol. The molecule has 92 valence electrons. The van der Waals surface area contributed by atoms with Crippen LogP contribution in [0.4, 0.5) is 5.82 Å². The lowest BCUT2D eigenvalue weighted by Crippen LogP contribution is -2.45. The molecule has 0 bridgehead atoms. The molecule has 4 nitrogen and oxygen atoms in total. The third kappa shape index (κ3) is 1.95. The van der Waals surface area contributed by atoms with Crippen LogP contribution in [0.25, 0.3) is 0 Å². The average Bonchev–Trinajstić information content (AvgIpc) is 2.46. The third-order valence-electron chi connectivity index (χ3n) is 3.47. The Morgan fingerprint density at radius 3 is 2.78 bits per heavy atom. The number of benzene rings is 1. The highest BCUT2D eigenvalue weighted by molar-refractivity contribution is 5.44. The zero-order valence-electron chi connectivity index (χ0n) is 10.2. The van der Waals surface area contributed by atoms with Gasteiger partial charge in [0.05, 0.1) is 6.20 Å². The highest BCUT2D eigenvalue weighted by Gasteiger charge is 2.25. The molecular formula is C14H16N4. The first-order valence-corrected chi connectivity index (χ1v) is 6.18. The second-order valence-electron chi connectivity index (χ2n) is 4.55. The molecule has 3 rings (SSSR count). The highest BCUT2D eigenvalue weighted by Crippen LogP contribution is 2.26. The van der Waals surface area contributed by atoms with Gasteiger partial charge in [0.25, 0.3) is 0 Å². The number of nitrogens with zero attached hydrogens (tertiary/aromatic N) is 3. The summed E-state index contributed by atoms with van der Waals surface area (Å²) >= 11 is 0. The summed E-state index contributed by atoms with van der Waals surface area (Å²) in [6.07, 6.45) is 6.20. The third-order valence-corrected chi connectivity index (χ3v) is 3.47. The Morgan fingerprint density at radius 1 is 1.22 bits per heavy atom. The topological polar surface area (TPSA) is 55.0 Å². The smallest absolute Gasteiger partial charge is 0.147 e. The Kier molecular flexibility index (Phi) is 2.94. The normalized spacial score (nSPS) is 18.5. The van der Waals surface area contributed by atoms with Gasteiger partial charge in [0.1, 0.15) is 5.82 Å². The van der Waals surface area contributed by atoms with Crippen molar-refractivity contribution in [2.75, 3.05) is 11.4 Å². The Labute approximate surface area is 106 Å². The molecule has 2 aromatic rings. The van der Waals surface area contributed by atoms with E-state index in [1.807, 2.05) is 0 Å². The monoisotopic (exact) mass is 240 g/mol. The number of aromatic nitrogens is 2. The molecular weight excluding hydrogens is 224 g/mol. The van der Waals surface area contributed by atoms with Gasteiger partial charge >= 0.3 is 0 Å². The van der Waals surface area contributed by atoms with Gasteiger partial charge in [-0.15, -0.1) is 0 Å². The number of hydrogen-bond donors (Lipinski definition) is 1. The summed E-state index contributed by atoms with van der Waals surface area (Å²) in [5, 5.41) is 0. The lowest BCUT2D eigenvalue weighted by molar-refractivity contribution is 0.555. The van der Waals surface area contributed by atoms with Crippen LogP contribution in [0.1, 0.15) is 11.1 Å². The molecule has 0 saturated heterocycles. The number of nitrogens with two attached hydrogens (primary N) is 1. The van der Waals surface area contributed by atoms with E-state index in [2.05, 4.69) is 39.1 Å². The van der Waals surface area contributed by atoms with Crippen LogP contribution in [-0.4, -0.2) is 22.6 Å². The molecule has 2 heterocycles. The van der Waals surface area contributed by atoms with Crippen LogP contribution in [-0.2, 0) is 13.0 Å². The minimum absolute atomic E-state index is 0.302. The SMILES string of the molecule is NCC1Cc2ccccc2CN1c1cnccn1. The molecule has 1 aromatic carbocycles. The fourth-order valence-corrected chi connectivity index (χ4v) is 2.51. The lowest BCUT2D eigenvalue weighted by Gasteiger charge is -2.37. The predicted molar refractivity (Wildman–Crippen MR) is 71.2 cm³/mol. The quantitative estimate of drug-likeness (QED) is 0.861. The van der Waals surface area contributed by atoms with Gasteiger partial charge in [-0.25, -0.2) is 4.98 Å². The Morgan fingerprint density at radius 2 is 2.06 bits per heavy atom. The Hall–Kier alpha value is -1.94. The van der Waals surface area contributed by atoms with E-state index in [-0.39, 0.29) is 0 Å². The maximum Gasteiger partial charge on any atom is 0.147 e. The molecule has 0 aliphatic carbocycles. The standard InChI is InChI=1S/C14H16N4/c15-8-13-7-11-3-1-2-4-12(11)10-18(13)14-9-16-5-6-17-14/h1-6,9,13H,7-8,10,15H2. The van der Waals surface area contributed by atoms with E-state index in [4.69, 9.17) is 5.73 Å². The van der Waals surface area contributed by atoms with Gasteiger partial charge in [0.2, 0.25) is 0 Å². The van der Waals surface area contributed by atoms with E-state index in [0.717, 1.165) is 18.8 Å². The molecule has 0 saturated carbocycles. The first kappa shape index (κ1) is 11.2. The molecule has 1 aromatic heterocycles. The Bertz CT molecular complexity index is 526. The summed E-state index contributed by atoms with van der Waals surface area (Å²) in [5.41, 5.74) is 8.65. The molecule has 0 spiro atoms. The number of hydrogen-bond acceptors (Lipinski definition) is 4. The molecule has 1 unspecified atom stereocenters. The van der Waals surface area contributed by atoms with Crippen molar-refractivity contribution in [2.45, 2.75) is 19.0 Å². The fourth-order valence-electron chi connectivity index (χ4n) is 2.51. The summed E-state index contributed by atoms with van der Waals surface area (Å²) in [7, 11) is 0. The molecule has 18 heavy (non-hydrogen) atoms. The minimum atomic E-state index is 0.302. The zero-order chi connectivity index (χ0) is 12.4. The van der Waals surface area contributed by atoms with Crippen molar-refractivity contribution < 1.29 is 0 Å². The van der Waals surface area contributed by atoms with Gasteiger partial charge in [0, 0.05) is 31.5 Å². The van der Waals surface area contributed by atoms with Crippen LogP contribution in [0, 0.1) is 0 Å². The van der Waals surface area contributed by atoms with Gasteiger partial charge in [-0.2, -0.15) is 0 Å². The van der Waals surface area contributed by atoms with Crippen molar-refractivity contribution in [1.29, 1.82) is 0 Å². The summed E-state index contributed by atoms with van der Waals surface area (Å²) < 4.78 is 0. The van der Waals surface area contributed by atoms with Crippen LogP contribution in [0.2, 0.25) is 0 Å². The van der Waals surface area contributed by atoms with E-state index in [9.17, 15) is 0 Å². The lowest BCUT2D eigenvalue weighted by atomic mass is 9.94. The van der Waals surface area contributed by atoms with Crippen LogP contribution in [0.5, 0.6) is 0 Å². The van der Waals surface area contributed by atoms with Crippen molar-refractivity contribution in [1.82, 2.24) is 9.97 Å². The van der Waals surface area contributed by atoms with Gasteiger partial charge < -0.3 is 10.6 Å². The number of fused-ring (bicyclic) bond motifs is 1. The first-order chi connectivity index (χ1) is 8.88. The molecule has 1 atom stereocenters. The predicted octanol–water partition coefficient (Wildman–Crippen LogP) is 1.37. The molecule has 0 fully saturated rings. The molecule has 1 aliphatic rings. The number of anilines is 1. The summed E-state index contributed by atoms with van der Waals surface area (Å²) in [5.74, 6) is 0.905. The summed E-state index contributed by atoms with van der Waals surface area (Å²) in [6, 6.07) is 8.83. The van der Waals surface area contributed by atoms with Crippen molar-refractivity contribution in [2.24, 2.45) is 5.73 Å². The van der Waals surface area contributed by atoms with E-state index >= 15 is 0 Å². The van der Waals surface area contributed by atoms with Gasteiger partial charge in [-0.05, 0) is 17.5 Å². The van der Waals surface area contributed by atoms with Crippen LogP contribution in [0.15, 0.2) is 42.9 Å². The molecule has 2 N–H and O–H groups in total. The molecule has 0 amide bonds. The largest absolute Gasteiger partial charge is 0.346 e. The van der Waals surface area contributed by atoms with E-state index in [0.29, 0.717) is 12.6 Å². The van der Waals surface area contributed by atoms with Crippen LogP contribution in [0.3, 0.4) is 0 Å². The van der Waals surface area contributed by atoms with Crippen molar-refractivity contribution in [3.8, 4) is 0 Å². The number of rotatable bonds is 2. The van der Waals surface area contributed by atoms with Crippen LogP contribution >= 0.6 is 0 Å². The van der Waals surface area contributed by atoms with Crippen molar-refractivity contribution >= 4 is 5.82 Å². The van der Waals surface area contributed by atoms with E-state index in [1.165, 1.54) is 11.1 Å². The van der Waals surface area contributed by atoms with Crippen LogP contribution < -0.4 is 10.6 Å². The minimum Gasteiger partial charge on any atom is -0.346 e. The molecule has 4 heteroatoms. The maximum atomic E-state index is 5.90. The van der Waals surface area contributed by atoms with Crippen molar-refractivity contribution in [3.63, 3.8) is 0 Å². The summed E-state index contributed by atoms with van der Waals surface area (Å²) in [6.45, 7) is 1.49. The van der Waals surface area contributed by atoms with Crippen molar-refractivity contribution in [3.05, 3.63) is 54.0 Å². The second-order valence-corrected chi connectivity index (χ2v) is 4.55. The van der Waals surface area contributed by atoms with Gasteiger partial charge in [-0.3, -0.25) is 4.98 Å². The maximum absolute atomic E-state index is 5.90. The summed E-state index contributed by atoms with van der Waals surface area (Å²) in [4.78, 5) is 10.8. The zero-order valence-corrected chi connectivity index (χ0v) is 10.2. The Balaban J connectivity index is 1.96. The van der Waals surface area contributed by atoms with Gasteiger partial charge in [-0.1, -0.05) is 24.3 Å². The highest BCUT2D eigenvalue weighted by atomic mass is 15.2. The second kappa shape index (κ2) is 4.74. The molecule has 1 aliphatic heterocycles. The first-order valence-electron chi connectivity index (χ1n) is 6.18. The van der Waals surface area contributed by atoms with Gasteiger partial charge in [0.15, 0.2) is 0 Å². The fraction of sp³-hybridized carbons (Fsp3) is 0.286. The van der Waals surface area contributed by atoms with E-state index in [1.54, 1.807) is 18.6 Å². The van der Waals surface area contributed by atoms with E-state index < -0.39 is 0 Å². The molecule has 0 radical (unpaired) electrons.